The summed E-state index contributed by atoms with van der Waals surface area (Å²) in [5.74, 6) is 0. The molecular formula is C5H8N2O3. The first-order chi connectivity index (χ1) is 4.79. The fourth-order valence-electron chi connectivity index (χ4n) is 0.697. The summed E-state index contributed by atoms with van der Waals surface area (Å²) in [6, 6.07) is 0. The molecule has 0 saturated heterocycles. The van der Waals surface area contributed by atoms with Crippen LogP contribution in [0.4, 0.5) is 0 Å². The number of rotatable bonds is 2. The van der Waals surface area contributed by atoms with E-state index >= 15 is 0 Å². The van der Waals surface area contributed by atoms with Crippen molar-refractivity contribution in [3.63, 3.8) is 0 Å². The van der Waals surface area contributed by atoms with Gasteiger partial charge in [-0.3, -0.25) is 0 Å². The molecule has 0 spiro atoms. The van der Waals surface area contributed by atoms with E-state index in [1.165, 1.54) is 0 Å². The zero-order valence-corrected chi connectivity index (χ0v) is 5.23. The molecule has 5 nitrogen and oxygen atoms in total. The van der Waals surface area contributed by atoms with Gasteiger partial charge in [-0.15, -0.1) is 0 Å². The molecule has 10 heavy (non-hydrogen) atoms. The van der Waals surface area contributed by atoms with Crippen molar-refractivity contribution in [2.24, 2.45) is 0 Å². The van der Waals surface area contributed by atoms with E-state index in [1.807, 2.05) is 0 Å². The van der Waals surface area contributed by atoms with Crippen LogP contribution in [-0.2, 0) is 13.2 Å². The molecule has 0 aliphatic heterocycles. The number of aliphatic hydroxyl groups is 2. The molecule has 0 atom stereocenters. The molecular weight excluding hydrogens is 136 g/mol. The zero-order chi connectivity index (χ0) is 7.56. The monoisotopic (exact) mass is 144 g/mol. The number of hydrogen-bond acceptors (Lipinski definition) is 4. The smallest absolute Gasteiger partial charge is 0.132 e. The molecule has 0 radical (unpaired) electrons. The maximum atomic E-state index is 8.85. The van der Waals surface area contributed by atoms with Crippen LogP contribution in [0.1, 0.15) is 11.4 Å². The summed E-state index contributed by atoms with van der Waals surface area (Å²) < 4.78 is 0.686. The van der Waals surface area contributed by atoms with Gasteiger partial charge in [-0.1, -0.05) is 0 Å². The fourth-order valence-corrected chi connectivity index (χ4v) is 0.697. The summed E-state index contributed by atoms with van der Waals surface area (Å²) in [6.07, 6.45) is 1.12. The van der Waals surface area contributed by atoms with Crippen LogP contribution in [0, 0.1) is 0 Å². The lowest BCUT2D eigenvalue weighted by atomic mass is 10.3. The molecule has 1 heterocycles. The predicted molar refractivity (Wildman–Crippen MR) is 31.3 cm³/mol. The standard InChI is InChI=1S/C5H8N2O3/c8-1-4-5(2-9)7(10)3-6-4/h3,8-10H,1-2H2. The summed E-state index contributed by atoms with van der Waals surface area (Å²) >= 11 is 0. The van der Waals surface area contributed by atoms with E-state index in [4.69, 9.17) is 15.4 Å². The molecule has 0 bridgehead atoms. The highest BCUT2D eigenvalue weighted by Gasteiger charge is 2.06. The van der Waals surface area contributed by atoms with E-state index in [0.29, 0.717) is 10.4 Å². The summed E-state index contributed by atoms with van der Waals surface area (Å²) in [7, 11) is 0. The Balaban J connectivity index is 3.01. The maximum Gasteiger partial charge on any atom is 0.132 e. The van der Waals surface area contributed by atoms with Crippen molar-refractivity contribution in [3.05, 3.63) is 17.7 Å². The van der Waals surface area contributed by atoms with Crippen LogP contribution >= 0.6 is 0 Å². The molecule has 0 unspecified atom stereocenters. The minimum absolute atomic E-state index is 0.225. The molecule has 0 aliphatic carbocycles. The van der Waals surface area contributed by atoms with Crippen LogP contribution in [0.25, 0.3) is 0 Å². The second-order valence-electron chi connectivity index (χ2n) is 1.80. The maximum absolute atomic E-state index is 8.85. The van der Waals surface area contributed by atoms with Gasteiger partial charge in [0.05, 0.1) is 18.9 Å². The molecule has 0 saturated carbocycles. The van der Waals surface area contributed by atoms with Crippen LogP contribution in [0.3, 0.4) is 0 Å². The van der Waals surface area contributed by atoms with Crippen LogP contribution in [-0.4, -0.2) is 25.1 Å². The van der Waals surface area contributed by atoms with Crippen molar-refractivity contribution >= 4 is 0 Å². The predicted octanol–water partition coefficient (Wildman–Crippen LogP) is -0.895. The summed E-state index contributed by atoms with van der Waals surface area (Å²) in [5, 5.41) is 26.0. The van der Waals surface area contributed by atoms with Crippen molar-refractivity contribution in [2.45, 2.75) is 13.2 Å². The van der Waals surface area contributed by atoms with E-state index in [9.17, 15) is 0 Å². The number of aliphatic hydroxyl groups excluding tert-OH is 2. The second kappa shape index (κ2) is 2.68. The van der Waals surface area contributed by atoms with Crippen LogP contribution in [0.15, 0.2) is 6.33 Å². The van der Waals surface area contributed by atoms with Gasteiger partial charge in [-0.05, 0) is 0 Å². The normalized spacial score (nSPS) is 10.2. The number of hydrogen-bond donors (Lipinski definition) is 3. The molecule has 1 aromatic rings. The third kappa shape index (κ3) is 0.960. The Hall–Kier alpha value is -1.07. The van der Waals surface area contributed by atoms with Gasteiger partial charge >= 0.3 is 0 Å². The molecule has 0 fully saturated rings. The van der Waals surface area contributed by atoms with E-state index in [0.717, 1.165) is 6.33 Å². The third-order valence-corrected chi connectivity index (χ3v) is 1.23. The highest BCUT2D eigenvalue weighted by molar-refractivity contribution is 5.09. The molecule has 56 valence electrons. The lowest BCUT2D eigenvalue weighted by molar-refractivity contribution is 0.151. The highest BCUT2D eigenvalue weighted by atomic mass is 16.5. The number of imidazole rings is 1. The van der Waals surface area contributed by atoms with Crippen molar-refractivity contribution in [1.29, 1.82) is 0 Å². The van der Waals surface area contributed by atoms with E-state index in [2.05, 4.69) is 4.98 Å². The molecule has 0 aliphatic rings. The van der Waals surface area contributed by atoms with Crippen LogP contribution in [0.2, 0.25) is 0 Å². The first-order valence-electron chi connectivity index (χ1n) is 2.75. The lowest BCUT2D eigenvalue weighted by Crippen LogP contribution is -1.99. The van der Waals surface area contributed by atoms with Gasteiger partial charge in [0.15, 0.2) is 0 Å². The Morgan fingerprint density at radius 3 is 2.50 bits per heavy atom. The van der Waals surface area contributed by atoms with Gasteiger partial charge in [0.1, 0.15) is 12.0 Å². The van der Waals surface area contributed by atoms with E-state index in [1.54, 1.807) is 0 Å². The molecule has 1 aromatic heterocycles. The van der Waals surface area contributed by atoms with Crippen molar-refractivity contribution in [3.8, 4) is 0 Å². The molecule has 3 N–H and O–H groups in total. The summed E-state index contributed by atoms with van der Waals surface area (Å²) in [6.45, 7) is -0.601. The van der Waals surface area contributed by atoms with Crippen molar-refractivity contribution in [2.75, 3.05) is 0 Å². The summed E-state index contributed by atoms with van der Waals surface area (Å²) in [5.41, 5.74) is 0.521. The Bertz CT molecular complexity index is 221. The largest absolute Gasteiger partial charge is 0.427 e. The first kappa shape index (κ1) is 7.04. The first-order valence-corrected chi connectivity index (χ1v) is 2.75. The molecule has 0 aromatic carbocycles. The van der Waals surface area contributed by atoms with Gasteiger partial charge in [-0.2, -0.15) is 4.73 Å². The number of nitrogens with zero attached hydrogens (tertiary/aromatic N) is 2. The number of aromatic nitrogens is 2. The Kier molecular flexibility index (Phi) is 1.88. The average molecular weight is 144 g/mol. The molecule has 1 rings (SSSR count). The fraction of sp³-hybridized carbons (Fsp3) is 0.400. The summed E-state index contributed by atoms with van der Waals surface area (Å²) in [4.78, 5) is 3.61. The lowest BCUT2D eigenvalue weighted by Gasteiger charge is -1.96. The molecule has 0 amide bonds. The van der Waals surface area contributed by atoms with Gasteiger partial charge in [0, 0.05) is 0 Å². The Morgan fingerprint density at radius 1 is 1.40 bits per heavy atom. The van der Waals surface area contributed by atoms with Gasteiger partial charge in [-0.25, -0.2) is 4.98 Å². The van der Waals surface area contributed by atoms with Crippen LogP contribution in [0.5, 0.6) is 0 Å². The van der Waals surface area contributed by atoms with Crippen LogP contribution < -0.4 is 0 Å². The molecule has 5 heteroatoms. The van der Waals surface area contributed by atoms with Gasteiger partial charge in [0.25, 0.3) is 0 Å². The zero-order valence-electron chi connectivity index (χ0n) is 5.23. The van der Waals surface area contributed by atoms with E-state index < -0.39 is 0 Å². The van der Waals surface area contributed by atoms with Crippen molar-refractivity contribution < 1.29 is 15.4 Å². The third-order valence-electron chi connectivity index (χ3n) is 1.23. The average Bonchev–Trinajstić information content (AvgIpc) is 2.30. The quantitative estimate of drug-likeness (QED) is 0.470. The van der Waals surface area contributed by atoms with Gasteiger partial charge in [0.2, 0.25) is 0 Å². The second-order valence-corrected chi connectivity index (χ2v) is 1.80. The van der Waals surface area contributed by atoms with Gasteiger partial charge < -0.3 is 15.4 Å². The Morgan fingerprint density at radius 2 is 2.10 bits per heavy atom. The topological polar surface area (TPSA) is 78.5 Å². The SMILES string of the molecule is OCc1ncn(O)c1CO. The van der Waals surface area contributed by atoms with E-state index in [-0.39, 0.29) is 18.9 Å². The highest BCUT2D eigenvalue weighted by Crippen LogP contribution is 2.04. The van der Waals surface area contributed by atoms with Crippen molar-refractivity contribution in [1.82, 2.24) is 9.71 Å². The Labute approximate surface area is 57.1 Å². The minimum atomic E-state index is -0.327. The minimum Gasteiger partial charge on any atom is -0.427 e.